The lowest BCUT2D eigenvalue weighted by Gasteiger charge is -2.42. The zero-order valence-electron chi connectivity index (χ0n) is 20.9. The van der Waals surface area contributed by atoms with Crippen molar-refractivity contribution in [2.75, 3.05) is 13.2 Å². The molecule has 2 aliphatic carbocycles. The summed E-state index contributed by atoms with van der Waals surface area (Å²) in [6.45, 7) is 0.887. The molecule has 2 aliphatic rings. The summed E-state index contributed by atoms with van der Waals surface area (Å²) in [6, 6.07) is 18.8. The van der Waals surface area contributed by atoms with Crippen LogP contribution in [0.2, 0.25) is 0 Å². The Hall–Kier alpha value is -1.88. The van der Waals surface area contributed by atoms with Crippen LogP contribution in [0.5, 0.6) is 5.75 Å². The van der Waals surface area contributed by atoms with Crippen molar-refractivity contribution in [1.82, 2.24) is 4.90 Å². The number of para-hydroxylation sites is 1. The van der Waals surface area contributed by atoms with Crippen molar-refractivity contribution in [3.05, 3.63) is 65.7 Å². The molecule has 0 aliphatic heterocycles. The molecule has 1 atom stereocenters. The van der Waals surface area contributed by atoms with E-state index in [1.54, 1.807) is 0 Å². The minimum atomic E-state index is -0.559. The number of benzene rings is 2. The normalized spacial score (nSPS) is 18.1. The molecule has 2 saturated carbocycles. The molecule has 2 fully saturated rings. The molecule has 0 radical (unpaired) electrons. The van der Waals surface area contributed by atoms with Crippen molar-refractivity contribution in [1.29, 1.82) is 0 Å². The fraction of sp³-hybridized carbons (Fsp3) is 0.567. The topological polar surface area (TPSA) is 49.8 Å². The van der Waals surface area contributed by atoms with E-state index >= 15 is 0 Å². The predicted molar refractivity (Wildman–Crippen MR) is 145 cm³/mol. The van der Waals surface area contributed by atoms with Crippen LogP contribution in [0.15, 0.2) is 54.6 Å². The fourth-order valence-corrected chi connectivity index (χ4v) is 5.76. The molecule has 4 nitrogen and oxygen atoms in total. The molecule has 2 aromatic rings. The van der Waals surface area contributed by atoms with Gasteiger partial charge in [-0.1, -0.05) is 81.0 Å². The maximum absolute atomic E-state index is 12.9. The summed E-state index contributed by atoms with van der Waals surface area (Å²) in [5.74, 6) is 0.668. The van der Waals surface area contributed by atoms with Gasteiger partial charge in [0.2, 0.25) is 0 Å². The van der Waals surface area contributed by atoms with Crippen LogP contribution < -0.4 is 4.74 Å². The average molecular weight is 500 g/mol. The van der Waals surface area contributed by atoms with Gasteiger partial charge >= 0.3 is 0 Å². The van der Waals surface area contributed by atoms with Gasteiger partial charge in [-0.3, -0.25) is 9.69 Å². The van der Waals surface area contributed by atoms with Gasteiger partial charge in [-0.15, -0.1) is 12.4 Å². The van der Waals surface area contributed by atoms with Crippen molar-refractivity contribution in [2.45, 2.75) is 95.2 Å². The van der Waals surface area contributed by atoms with Crippen LogP contribution in [0.25, 0.3) is 0 Å². The number of hydrogen-bond acceptors (Lipinski definition) is 4. The SMILES string of the molecule is Cl.O=C(CCc1ccccc1)c1ccccc1OCC(O)CN(C1CCCCC1)C1CCCCC1. The number of hydrogen-bond donors (Lipinski definition) is 1. The average Bonchev–Trinajstić information content (AvgIpc) is 2.91. The first-order valence-corrected chi connectivity index (χ1v) is 13.4. The van der Waals surface area contributed by atoms with E-state index in [9.17, 15) is 9.90 Å². The van der Waals surface area contributed by atoms with Gasteiger partial charge in [0.05, 0.1) is 5.56 Å². The van der Waals surface area contributed by atoms with Crippen LogP contribution in [0.4, 0.5) is 0 Å². The van der Waals surface area contributed by atoms with Crippen LogP contribution in [0, 0.1) is 0 Å². The van der Waals surface area contributed by atoms with E-state index in [1.807, 2.05) is 42.5 Å². The summed E-state index contributed by atoms with van der Waals surface area (Å²) in [4.78, 5) is 15.5. The summed E-state index contributed by atoms with van der Waals surface area (Å²) < 4.78 is 6.05. The molecular formula is C30H42ClNO3. The van der Waals surface area contributed by atoms with Gasteiger partial charge in [-0.25, -0.2) is 0 Å². The summed E-state index contributed by atoms with van der Waals surface area (Å²) in [6.07, 6.45) is 13.5. The van der Waals surface area contributed by atoms with Gasteiger partial charge in [0.25, 0.3) is 0 Å². The Morgan fingerprint density at radius 3 is 2.06 bits per heavy atom. The molecule has 192 valence electrons. The number of aryl methyl sites for hydroxylation is 1. The van der Waals surface area contributed by atoms with Crippen molar-refractivity contribution < 1.29 is 14.6 Å². The Labute approximate surface area is 217 Å². The van der Waals surface area contributed by atoms with E-state index < -0.39 is 6.10 Å². The van der Waals surface area contributed by atoms with Gasteiger partial charge in [0.1, 0.15) is 18.5 Å². The standard InChI is InChI=1S/C30H41NO3.ClH/c32-27(22-31(25-14-6-2-7-15-25)26-16-8-3-9-17-26)23-34-30-19-11-10-18-28(30)29(33)21-20-24-12-4-1-5-13-24;/h1,4-5,10-13,18-19,25-27,32H,2-3,6-9,14-17,20-23H2;1H. The smallest absolute Gasteiger partial charge is 0.166 e. The van der Waals surface area contributed by atoms with Gasteiger partial charge in [0, 0.05) is 25.0 Å². The second-order valence-electron chi connectivity index (χ2n) is 10.2. The Bertz CT molecular complexity index is 860. The number of rotatable bonds is 11. The molecule has 0 bridgehead atoms. The number of halogens is 1. The van der Waals surface area contributed by atoms with Crippen LogP contribution in [0.1, 0.15) is 86.6 Å². The first kappa shape index (κ1) is 27.7. The lowest BCUT2D eigenvalue weighted by Crippen LogP contribution is -2.49. The Balaban J connectivity index is 0.00000342. The molecule has 1 N–H and O–H groups in total. The highest BCUT2D eigenvalue weighted by molar-refractivity contribution is 5.98. The largest absolute Gasteiger partial charge is 0.490 e. The van der Waals surface area contributed by atoms with Crippen LogP contribution >= 0.6 is 12.4 Å². The number of nitrogens with zero attached hydrogens (tertiary/aromatic N) is 1. The van der Waals surface area contributed by atoms with E-state index in [0.717, 1.165) is 5.56 Å². The maximum atomic E-state index is 12.9. The third kappa shape index (κ3) is 8.34. The van der Waals surface area contributed by atoms with Gasteiger partial charge in [0.15, 0.2) is 5.78 Å². The van der Waals surface area contributed by atoms with Crippen LogP contribution in [-0.2, 0) is 6.42 Å². The van der Waals surface area contributed by atoms with Crippen LogP contribution in [0.3, 0.4) is 0 Å². The Morgan fingerprint density at radius 1 is 0.857 bits per heavy atom. The molecule has 0 amide bonds. The maximum Gasteiger partial charge on any atom is 0.166 e. The minimum absolute atomic E-state index is 0. The molecule has 1 unspecified atom stereocenters. The first-order chi connectivity index (χ1) is 16.7. The van der Waals surface area contributed by atoms with E-state index in [4.69, 9.17) is 4.74 Å². The van der Waals surface area contributed by atoms with Gasteiger partial charge in [-0.2, -0.15) is 0 Å². The molecular weight excluding hydrogens is 458 g/mol. The molecule has 0 saturated heterocycles. The quantitative estimate of drug-likeness (QED) is 0.352. The molecule has 0 aromatic heterocycles. The monoisotopic (exact) mass is 499 g/mol. The number of carbonyl (C=O) groups excluding carboxylic acids is 1. The van der Waals surface area contributed by atoms with Crippen molar-refractivity contribution in [2.24, 2.45) is 0 Å². The van der Waals surface area contributed by atoms with E-state index in [1.165, 1.54) is 64.2 Å². The fourth-order valence-electron chi connectivity index (χ4n) is 5.76. The summed E-state index contributed by atoms with van der Waals surface area (Å²) >= 11 is 0. The second-order valence-corrected chi connectivity index (χ2v) is 10.2. The first-order valence-electron chi connectivity index (χ1n) is 13.4. The molecule has 0 spiro atoms. The van der Waals surface area contributed by atoms with Crippen molar-refractivity contribution in [3.8, 4) is 5.75 Å². The highest BCUT2D eigenvalue weighted by Gasteiger charge is 2.30. The Kier molecular flexibility index (Phi) is 11.6. The number of aliphatic hydroxyl groups excluding tert-OH is 1. The molecule has 2 aromatic carbocycles. The van der Waals surface area contributed by atoms with Crippen LogP contribution in [-0.4, -0.2) is 47.1 Å². The third-order valence-corrected chi connectivity index (χ3v) is 7.61. The lowest BCUT2D eigenvalue weighted by molar-refractivity contribution is 0.0116. The van der Waals surface area contributed by atoms with Gasteiger partial charge in [-0.05, 0) is 49.8 Å². The number of Topliss-reactive ketones (excluding diaryl/α,β-unsaturated/α-hetero) is 1. The third-order valence-electron chi connectivity index (χ3n) is 7.61. The summed E-state index contributed by atoms with van der Waals surface area (Å²) in [5.41, 5.74) is 1.78. The van der Waals surface area contributed by atoms with E-state index in [0.29, 0.717) is 42.8 Å². The van der Waals surface area contributed by atoms with E-state index in [2.05, 4.69) is 17.0 Å². The zero-order valence-corrected chi connectivity index (χ0v) is 21.8. The zero-order chi connectivity index (χ0) is 23.6. The molecule has 5 heteroatoms. The number of aliphatic hydroxyl groups is 1. The number of ether oxygens (including phenoxy) is 1. The molecule has 4 rings (SSSR count). The minimum Gasteiger partial charge on any atom is -0.490 e. The second kappa shape index (κ2) is 14.6. The van der Waals surface area contributed by atoms with Crippen molar-refractivity contribution in [3.63, 3.8) is 0 Å². The van der Waals surface area contributed by atoms with Gasteiger partial charge < -0.3 is 9.84 Å². The van der Waals surface area contributed by atoms with Crippen molar-refractivity contribution >= 4 is 18.2 Å². The predicted octanol–water partition coefficient (Wildman–Crippen LogP) is 6.63. The number of carbonyl (C=O) groups is 1. The summed E-state index contributed by atoms with van der Waals surface area (Å²) in [5, 5.41) is 11.0. The van der Waals surface area contributed by atoms with E-state index in [-0.39, 0.29) is 24.8 Å². The lowest BCUT2D eigenvalue weighted by atomic mass is 9.88. The summed E-state index contributed by atoms with van der Waals surface area (Å²) in [7, 11) is 0. The highest BCUT2D eigenvalue weighted by atomic mass is 35.5. The highest BCUT2D eigenvalue weighted by Crippen LogP contribution is 2.30. The molecule has 0 heterocycles. The molecule has 35 heavy (non-hydrogen) atoms. The Morgan fingerprint density at radius 2 is 1.43 bits per heavy atom. The number of ketones is 1.